The Morgan fingerprint density at radius 1 is 0.971 bits per heavy atom. The van der Waals surface area contributed by atoms with E-state index in [-0.39, 0.29) is 34.0 Å². The van der Waals surface area contributed by atoms with Crippen molar-refractivity contribution in [3.63, 3.8) is 0 Å². The normalized spacial score (nSPS) is 10.8. The van der Waals surface area contributed by atoms with E-state index < -0.39 is 17.8 Å². The molecule has 0 heterocycles. The van der Waals surface area contributed by atoms with Gasteiger partial charge < -0.3 is 20.3 Å². The summed E-state index contributed by atoms with van der Waals surface area (Å²) < 4.78 is 5.66. The molecule has 0 bridgehead atoms. The summed E-state index contributed by atoms with van der Waals surface area (Å²) in [6.45, 7) is 0.0945. The molecule has 0 aliphatic carbocycles. The molecule has 0 unspecified atom stereocenters. The van der Waals surface area contributed by atoms with Crippen molar-refractivity contribution < 1.29 is 29.3 Å². The van der Waals surface area contributed by atoms with Crippen LogP contribution in [0.15, 0.2) is 72.3 Å². The summed E-state index contributed by atoms with van der Waals surface area (Å²) in [5.41, 5.74) is 1.28. The standard InChI is InChI=1S/C25H17ClN2O6/c26-21-11-15(7-8-22(21)34-14-16-3-1-4-17(10-16)24(30)31)9-19(13-27)23(29)28-20-6-2-5-18(12-20)25(32)33/h1-12H,14H2,(H,28,29)(H,30,31)(H,32,33)/b19-9-. The van der Waals surface area contributed by atoms with Crippen molar-refractivity contribution in [1.29, 1.82) is 5.26 Å². The van der Waals surface area contributed by atoms with Gasteiger partial charge in [0.05, 0.1) is 16.1 Å². The number of halogens is 1. The van der Waals surface area contributed by atoms with Gasteiger partial charge in [-0.05, 0) is 59.7 Å². The first-order valence-corrected chi connectivity index (χ1v) is 10.2. The van der Waals surface area contributed by atoms with Gasteiger partial charge in [0, 0.05) is 5.69 Å². The number of amides is 1. The molecule has 3 N–H and O–H groups in total. The smallest absolute Gasteiger partial charge is 0.335 e. The van der Waals surface area contributed by atoms with E-state index in [1.54, 1.807) is 24.3 Å². The molecule has 3 aromatic carbocycles. The lowest BCUT2D eigenvalue weighted by Crippen LogP contribution is -2.13. The lowest BCUT2D eigenvalue weighted by atomic mass is 10.1. The Hall–Kier alpha value is -4.61. The van der Waals surface area contributed by atoms with E-state index >= 15 is 0 Å². The molecule has 0 aromatic heterocycles. The number of nitriles is 1. The molecule has 0 aliphatic heterocycles. The number of rotatable bonds is 8. The number of aromatic carboxylic acids is 2. The Morgan fingerprint density at radius 3 is 2.29 bits per heavy atom. The van der Waals surface area contributed by atoms with Gasteiger partial charge >= 0.3 is 11.9 Å². The Balaban J connectivity index is 1.71. The molecule has 0 saturated carbocycles. The van der Waals surface area contributed by atoms with Gasteiger partial charge in [0.2, 0.25) is 0 Å². The van der Waals surface area contributed by atoms with E-state index in [4.69, 9.17) is 26.6 Å². The zero-order chi connectivity index (χ0) is 24.7. The van der Waals surface area contributed by atoms with E-state index in [0.29, 0.717) is 16.9 Å². The molecule has 3 rings (SSSR count). The van der Waals surface area contributed by atoms with Crippen molar-refractivity contribution in [3.8, 4) is 11.8 Å². The van der Waals surface area contributed by atoms with Crippen molar-refractivity contribution in [2.24, 2.45) is 0 Å². The average molecular weight is 477 g/mol. The molecule has 0 radical (unpaired) electrons. The number of carboxylic acid groups (broad SMARTS) is 2. The number of ether oxygens (including phenoxy) is 1. The van der Waals surface area contributed by atoms with Gasteiger partial charge in [-0.1, -0.05) is 35.9 Å². The van der Waals surface area contributed by atoms with Crippen LogP contribution < -0.4 is 10.1 Å². The predicted molar refractivity (Wildman–Crippen MR) is 125 cm³/mol. The highest BCUT2D eigenvalue weighted by Gasteiger charge is 2.12. The summed E-state index contributed by atoms with van der Waals surface area (Å²) in [6, 6.07) is 18.5. The Labute approximate surface area is 199 Å². The predicted octanol–water partition coefficient (Wildman–Crippen LogP) is 4.86. The monoisotopic (exact) mass is 476 g/mol. The minimum atomic E-state index is -1.14. The van der Waals surface area contributed by atoms with Gasteiger partial charge in [-0.25, -0.2) is 9.59 Å². The maximum atomic E-state index is 12.5. The third-order valence-electron chi connectivity index (χ3n) is 4.57. The third kappa shape index (κ3) is 6.22. The molecular weight excluding hydrogens is 460 g/mol. The number of benzene rings is 3. The highest BCUT2D eigenvalue weighted by molar-refractivity contribution is 6.32. The molecule has 0 spiro atoms. The van der Waals surface area contributed by atoms with Crippen LogP contribution in [-0.4, -0.2) is 28.1 Å². The molecule has 0 atom stereocenters. The number of carbonyl (C=O) groups is 3. The number of hydrogen-bond donors (Lipinski definition) is 3. The summed E-state index contributed by atoms with van der Waals surface area (Å²) in [7, 11) is 0. The van der Waals surface area contributed by atoms with Crippen molar-refractivity contribution in [1.82, 2.24) is 0 Å². The van der Waals surface area contributed by atoms with Crippen LogP contribution in [0.5, 0.6) is 5.75 Å². The van der Waals surface area contributed by atoms with Crippen LogP contribution in [0.2, 0.25) is 5.02 Å². The second-order valence-corrected chi connectivity index (χ2v) is 7.40. The van der Waals surface area contributed by atoms with Crippen molar-refractivity contribution >= 4 is 41.2 Å². The quantitative estimate of drug-likeness (QED) is 0.312. The highest BCUT2D eigenvalue weighted by Crippen LogP contribution is 2.27. The van der Waals surface area contributed by atoms with Crippen LogP contribution in [-0.2, 0) is 11.4 Å². The second kappa shape index (κ2) is 10.8. The van der Waals surface area contributed by atoms with Gasteiger partial charge in [-0.3, -0.25) is 4.79 Å². The van der Waals surface area contributed by atoms with Crippen molar-refractivity contribution in [2.75, 3.05) is 5.32 Å². The Bertz CT molecular complexity index is 1340. The van der Waals surface area contributed by atoms with E-state index in [2.05, 4.69) is 5.32 Å². The number of anilines is 1. The van der Waals surface area contributed by atoms with Crippen LogP contribution in [0.25, 0.3) is 6.08 Å². The summed E-state index contributed by atoms with van der Waals surface area (Å²) in [6.07, 6.45) is 1.34. The van der Waals surface area contributed by atoms with Crippen molar-refractivity contribution in [3.05, 3.63) is 99.6 Å². The van der Waals surface area contributed by atoms with Crippen LogP contribution in [0.4, 0.5) is 5.69 Å². The first-order chi connectivity index (χ1) is 16.3. The molecule has 0 fully saturated rings. The second-order valence-electron chi connectivity index (χ2n) is 6.99. The fraction of sp³-hybridized carbons (Fsp3) is 0.0400. The zero-order valence-electron chi connectivity index (χ0n) is 17.5. The molecule has 8 nitrogen and oxygen atoms in total. The summed E-state index contributed by atoms with van der Waals surface area (Å²) >= 11 is 6.27. The minimum absolute atomic E-state index is 0.00246. The van der Waals surface area contributed by atoms with Gasteiger partial charge in [0.1, 0.15) is 24.0 Å². The van der Waals surface area contributed by atoms with Gasteiger partial charge in [-0.2, -0.15) is 5.26 Å². The fourth-order valence-corrected chi connectivity index (χ4v) is 3.17. The topological polar surface area (TPSA) is 137 Å². The summed E-state index contributed by atoms with van der Waals surface area (Å²) in [5, 5.41) is 30.3. The van der Waals surface area contributed by atoms with E-state index in [9.17, 15) is 19.6 Å². The molecule has 9 heteroatoms. The van der Waals surface area contributed by atoms with Crippen LogP contribution in [0.1, 0.15) is 31.8 Å². The number of carbonyl (C=O) groups excluding carboxylic acids is 1. The Kier molecular flexibility index (Phi) is 7.64. The molecule has 34 heavy (non-hydrogen) atoms. The average Bonchev–Trinajstić information content (AvgIpc) is 2.82. The van der Waals surface area contributed by atoms with Crippen LogP contribution in [0.3, 0.4) is 0 Å². The maximum Gasteiger partial charge on any atom is 0.335 e. The van der Waals surface area contributed by atoms with Gasteiger partial charge in [0.25, 0.3) is 5.91 Å². The first-order valence-electron chi connectivity index (χ1n) is 9.78. The number of hydrogen-bond acceptors (Lipinski definition) is 5. The molecule has 170 valence electrons. The van der Waals surface area contributed by atoms with E-state index in [0.717, 1.165) is 0 Å². The largest absolute Gasteiger partial charge is 0.487 e. The lowest BCUT2D eigenvalue weighted by Gasteiger charge is -2.10. The molecule has 0 saturated heterocycles. The lowest BCUT2D eigenvalue weighted by molar-refractivity contribution is -0.112. The number of carboxylic acids is 2. The Morgan fingerprint density at radius 2 is 1.65 bits per heavy atom. The number of nitrogens with one attached hydrogen (secondary N) is 1. The maximum absolute atomic E-state index is 12.5. The fourth-order valence-electron chi connectivity index (χ4n) is 2.92. The molecular formula is C25H17ClN2O6. The summed E-state index contributed by atoms with van der Waals surface area (Å²) in [5.74, 6) is -2.55. The minimum Gasteiger partial charge on any atom is -0.487 e. The van der Waals surface area contributed by atoms with Gasteiger partial charge in [0.15, 0.2) is 0 Å². The molecule has 0 aliphatic rings. The van der Waals surface area contributed by atoms with Crippen LogP contribution >= 0.6 is 11.6 Å². The third-order valence-corrected chi connectivity index (χ3v) is 4.86. The molecule has 1 amide bonds. The van der Waals surface area contributed by atoms with Crippen molar-refractivity contribution in [2.45, 2.75) is 6.61 Å². The number of nitrogens with zero attached hydrogens (tertiary/aromatic N) is 1. The zero-order valence-corrected chi connectivity index (χ0v) is 18.2. The summed E-state index contributed by atoms with van der Waals surface area (Å²) in [4.78, 5) is 34.6. The van der Waals surface area contributed by atoms with E-state index in [1.165, 1.54) is 48.5 Å². The molecule has 3 aromatic rings. The SMILES string of the molecule is N#C/C(=C/c1ccc(OCc2cccc(C(=O)O)c2)c(Cl)c1)C(=O)Nc1cccc(C(=O)O)c1. The van der Waals surface area contributed by atoms with Crippen LogP contribution in [0, 0.1) is 11.3 Å². The first kappa shape index (κ1) is 24.0. The highest BCUT2D eigenvalue weighted by atomic mass is 35.5. The van der Waals surface area contributed by atoms with Gasteiger partial charge in [-0.15, -0.1) is 0 Å². The van der Waals surface area contributed by atoms with E-state index in [1.807, 2.05) is 6.07 Å².